The summed E-state index contributed by atoms with van der Waals surface area (Å²) >= 11 is 0. The number of esters is 2. The van der Waals surface area contributed by atoms with E-state index in [2.05, 4.69) is 19.9 Å². The lowest BCUT2D eigenvalue weighted by Gasteiger charge is -2.45. The van der Waals surface area contributed by atoms with Gasteiger partial charge in [0.15, 0.2) is 42.1 Å². The summed E-state index contributed by atoms with van der Waals surface area (Å²) in [7, 11) is 0. The number of rotatable bonds is 20. The predicted octanol–water partition coefficient (Wildman–Crippen LogP) is 10.7. The fourth-order valence-corrected chi connectivity index (χ4v) is 18.6. The molecule has 0 aliphatic carbocycles. The van der Waals surface area contributed by atoms with E-state index in [1.165, 1.54) is 23.6 Å². The molecule has 6 saturated heterocycles. The van der Waals surface area contributed by atoms with Gasteiger partial charge in [0, 0.05) is 110 Å². The quantitative estimate of drug-likeness (QED) is 0.0243. The Bertz CT molecular complexity index is 3890. The molecule has 0 unspecified atom stereocenters. The predicted molar refractivity (Wildman–Crippen MR) is 410 cm³/mol. The number of aromatic nitrogens is 6. The van der Waals surface area contributed by atoms with E-state index in [0.717, 1.165) is 22.5 Å². The van der Waals surface area contributed by atoms with Crippen LogP contribution in [0.1, 0.15) is 189 Å². The van der Waals surface area contributed by atoms with E-state index in [-0.39, 0.29) is 74.4 Å². The first kappa shape index (κ1) is 88.2. The summed E-state index contributed by atoms with van der Waals surface area (Å²) in [5.74, 6) is -10.5. The van der Waals surface area contributed by atoms with Crippen molar-refractivity contribution in [3.8, 4) is 22.5 Å². The number of carbonyl (C=O) groups excluding carboxylic acids is 9. The molecule has 24 atom stereocenters. The summed E-state index contributed by atoms with van der Waals surface area (Å²) in [6, 6.07) is 5.49. The van der Waals surface area contributed by atoms with Crippen molar-refractivity contribution >= 4 is 53.5 Å². The van der Waals surface area contributed by atoms with Gasteiger partial charge in [0.25, 0.3) is 0 Å². The maximum atomic E-state index is 14.6. The lowest BCUT2D eigenvalue weighted by atomic mass is 9.69. The average Bonchev–Trinajstić information content (AvgIpc) is 1.60. The van der Waals surface area contributed by atoms with Crippen molar-refractivity contribution in [3.05, 3.63) is 74.1 Å². The highest BCUT2D eigenvalue weighted by molar-refractivity contribution is 6.01. The number of amides is 2. The fraction of sp³-hybridized carbons (Fsp3) is 0.702. The van der Waals surface area contributed by atoms with Crippen molar-refractivity contribution in [3.63, 3.8) is 0 Å². The van der Waals surface area contributed by atoms with Gasteiger partial charge in [0.1, 0.15) is 41.7 Å². The maximum absolute atomic E-state index is 14.6. The molecule has 0 spiro atoms. The molecule has 618 valence electrons. The molecular weight excluding hydrogens is 1440 g/mol. The number of aliphatic hydroxyl groups excluding tert-OH is 3. The number of hydrogen-bond donors (Lipinski definition) is 3. The molecule has 0 aromatic carbocycles. The van der Waals surface area contributed by atoms with Crippen LogP contribution in [0.4, 0.5) is 9.59 Å². The average molecular weight is 1560 g/mol. The molecule has 10 rings (SSSR count). The van der Waals surface area contributed by atoms with E-state index in [4.69, 9.17) is 37.9 Å². The molecule has 0 saturated carbocycles. The van der Waals surface area contributed by atoms with Gasteiger partial charge in [-0.15, -0.1) is 0 Å². The van der Waals surface area contributed by atoms with Crippen LogP contribution < -0.4 is 0 Å². The molecule has 0 bridgehead atoms. The standard InChI is InChI=1S/C42H62N4O10.C42H60N4O10/c2*1-10-32-42(22-47)36(46(40(52)56-42)17-12-11-16-45-21-31(44-23-45)30-14-13-15-43-20-30)27(5)33(48)25(3)19-41(8,9)37(28(6)35(50)29(7)38(51)54-32)55-39-34(49)24(2)18-26(4)53-39/h13-15,20-21,23-29,32,34,36-37,39,47,49H,10-12,16-19,22H2,1-9H3;13-15,20-29,32,34,36-37,39,49H,10-12,16-19H2,1-9H3/t2*24-,25+,26+,27-,28-,29+,32+,34+,36+,37+,39-,42+/m00/s1. The number of Topliss-reactive ketones (excluding diaryl/α,β-unsaturated/α-hetero) is 4. The Morgan fingerprint density at radius 3 is 1.34 bits per heavy atom. The summed E-state index contributed by atoms with van der Waals surface area (Å²) in [4.78, 5) is 146. The Morgan fingerprint density at radius 1 is 0.536 bits per heavy atom. The minimum atomic E-state index is -2.00. The van der Waals surface area contributed by atoms with E-state index in [9.17, 15) is 58.5 Å². The molecule has 2 amide bonds. The summed E-state index contributed by atoms with van der Waals surface area (Å²) < 4.78 is 53.1. The number of unbranched alkanes of at least 4 members (excludes halogenated alkanes) is 2. The molecular formula is C84H122N8O20. The molecule has 112 heavy (non-hydrogen) atoms. The highest BCUT2D eigenvalue weighted by Crippen LogP contribution is 2.48. The van der Waals surface area contributed by atoms with Gasteiger partial charge in [0.2, 0.25) is 5.60 Å². The van der Waals surface area contributed by atoms with Crippen LogP contribution in [0.3, 0.4) is 0 Å². The summed E-state index contributed by atoms with van der Waals surface area (Å²) in [5, 5.41) is 33.3. The molecule has 28 heteroatoms. The first-order chi connectivity index (χ1) is 52.9. The van der Waals surface area contributed by atoms with Crippen molar-refractivity contribution in [2.75, 3.05) is 19.7 Å². The second-order valence-electron chi connectivity index (χ2n) is 34.2. The molecule has 0 radical (unpaired) electrons. The minimum absolute atomic E-state index is 0.0704. The zero-order valence-electron chi connectivity index (χ0n) is 68.7. The van der Waals surface area contributed by atoms with Gasteiger partial charge in [-0.25, -0.2) is 19.6 Å². The van der Waals surface area contributed by atoms with Crippen molar-refractivity contribution < 1.29 is 96.4 Å². The van der Waals surface area contributed by atoms with Gasteiger partial charge in [0.05, 0.1) is 67.1 Å². The van der Waals surface area contributed by atoms with Crippen LogP contribution in [0.5, 0.6) is 0 Å². The molecule has 28 nitrogen and oxygen atoms in total. The molecule has 10 heterocycles. The topological polar surface area (TPSA) is 356 Å². The van der Waals surface area contributed by atoms with Crippen LogP contribution >= 0.6 is 0 Å². The third kappa shape index (κ3) is 19.1. The number of aryl methyl sites for hydroxylation is 2. The number of ketones is 4. The van der Waals surface area contributed by atoms with E-state index in [0.29, 0.717) is 57.9 Å². The Kier molecular flexibility index (Phi) is 29.3. The first-order valence-corrected chi connectivity index (χ1v) is 40.3. The van der Waals surface area contributed by atoms with Crippen LogP contribution in [-0.2, 0) is 84.5 Å². The van der Waals surface area contributed by atoms with Crippen molar-refractivity contribution in [2.24, 2.45) is 70.0 Å². The lowest BCUT2D eigenvalue weighted by Crippen LogP contribution is -2.61. The second-order valence-corrected chi connectivity index (χ2v) is 34.2. The van der Waals surface area contributed by atoms with E-state index >= 15 is 0 Å². The van der Waals surface area contributed by atoms with Gasteiger partial charge in [-0.05, 0) is 139 Å². The highest BCUT2D eigenvalue weighted by atomic mass is 16.7. The van der Waals surface area contributed by atoms with Crippen LogP contribution in [0.25, 0.3) is 22.5 Å². The Labute approximate surface area is 658 Å². The molecule has 4 aromatic rings. The number of aliphatic hydroxyl groups is 3. The van der Waals surface area contributed by atoms with Crippen LogP contribution in [0.15, 0.2) is 74.1 Å². The Hall–Kier alpha value is -7.73. The zero-order valence-corrected chi connectivity index (χ0v) is 68.7. The smallest absolute Gasteiger partial charge is 0.411 e. The summed E-state index contributed by atoms with van der Waals surface area (Å²) in [6.07, 6.45) is 9.17. The number of nitrogens with zero attached hydrogens (tertiary/aromatic N) is 8. The second kappa shape index (κ2) is 37.3. The Balaban J connectivity index is 0.000000257. The van der Waals surface area contributed by atoms with Gasteiger partial charge >= 0.3 is 24.1 Å². The number of imidazole rings is 2. The summed E-state index contributed by atoms with van der Waals surface area (Å²) in [6.45, 7) is 32.9. The summed E-state index contributed by atoms with van der Waals surface area (Å²) in [5.41, 5.74) is -2.08. The highest BCUT2D eigenvalue weighted by Gasteiger charge is 2.65. The number of hydrogen-bond acceptors (Lipinski definition) is 24. The number of cyclic esters (lactones) is 2. The molecule has 6 fully saturated rings. The van der Waals surface area contributed by atoms with Gasteiger partial charge < -0.3 is 67.2 Å². The number of carbonyl (C=O) groups is 9. The monoisotopic (exact) mass is 1560 g/mol. The van der Waals surface area contributed by atoms with E-state index in [1.807, 2.05) is 108 Å². The lowest BCUT2D eigenvalue weighted by molar-refractivity contribution is -0.284. The van der Waals surface area contributed by atoms with Gasteiger partial charge in [-0.3, -0.25) is 48.4 Å². The van der Waals surface area contributed by atoms with Crippen molar-refractivity contribution in [2.45, 2.75) is 287 Å². The van der Waals surface area contributed by atoms with Crippen LogP contribution in [-0.4, -0.2) is 212 Å². The molecule has 4 aromatic heterocycles. The molecule has 6 aliphatic heterocycles. The van der Waals surface area contributed by atoms with E-state index in [1.54, 1.807) is 85.9 Å². The fourth-order valence-electron chi connectivity index (χ4n) is 18.6. The third-order valence-corrected chi connectivity index (χ3v) is 24.5. The molecule has 6 aliphatic rings. The Morgan fingerprint density at radius 2 is 0.938 bits per heavy atom. The number of pyridine rings is 2. The number of aldehydes is 1. The third-order valence-electron chi connectivity index (χ3n) is 24.5. The zero-order chi connectivity index (χ0) is 82.2. The molecule has 3 N–H and O–H groups in total. The van der Waals surface area contributed by atoms with E-state index < -0.39 is 173 Å². The minimum Gasteiger partial charge on any atom is -0.457 e. The maximum Gasteiger partial charge on any atom is 0.411 e. The van der Waals surface area contributed by atoms with Gasteiger partial charge in [-0.1, -0.05) is 96.9 Å². The largest absolute Gasteiger partial charge is 0.457 e. The van der Waals surface area contributed by atoms with Crippen LogP contribution in [0, 0.1) is 70.0 Å². The van der Waals surface area contributed by atoms with Gasteiger partial charge in [-0.2, -0.15) is 0 Å². The van der Waals surface area contributed by atoms with Crippen molar-refractivity contribution in [1.29, 1.82) is 0 Å². The van der Waals surface area contributed by atoms with Crippen LogP contribution in [0.2, 0.25) is 0 Å². The number of fused-ring (bicyclic) bond motifs is 2. The van der Waals surface area contributed by atoms with Crippen molar-refractivity contribution in [1.82, 2.24) is 38.9 Å². The first-order valence-electron chi connectivity index (χ1n) is 40.3. The number of ether oxygens (including phenoxy) is 8. The normalized spacial score (nSPS) is 35.7. The SMILES string of the molecule is CC[C@H]1OC(=O)[C@H](C)C(=O)[C@H](C)[C@@H](O[C@@H]2O[C@H](C)C[C@H](C)[C@H]2O)C(C)(C)C[C@@H](C)C(=O)[C@H](C)[C@H]2N(CCCCn3cnc(-c4cccnc4)c3)C(=O)O[C@]12C=O.CC[C@H]1OC(=O)[C@H](C)C(=O)[C@H](C)[C@@H](O[C@@H]2O[C@H](C)C[C@H](C)[C@H]2O)C(C)(C)C[C@@H](C)C(=O)[C@H](C)[C@H]2N(CCCCn3cnc(-c4cccnc4)c3)C(=O)O[C@]12CO.